The topological polar surface area (TPSA) is 66.5 Å². The van der Waals surface area contributed by atoms with E-state index in [2.05, 4.69) is 5.32 Å². The van der Waals surface area contributed by atoms with Gasteiger partial charge in [0.25, 0.3) is 0 Å². The molecule has 2 aromatic rings. The largest absolute Gasteiger partial charge is 0.326 e. The summed E-state index contributed by atoms with van der Waals surface area (Å²) in [6, 6.07) is 11.6. The molecule has 1 heterocycles. The molecule has 0 spiro atoms. The molecule has 2 aromatic carbocycles. The highest BCUT2D eigenvalue weighted by Crippen LogP contribution is 2.30. The summed E-state index contributed by atoms with van der Waals surface area (Å²) in [5.41, 5.74) is 2.45. The number of hydrogen-bond donors (Lipinski definition) is 1. The maximum Gasteiger partial charge on any atom is 0.235 e. The van der Waals surface area contributed by atoms with Crippen molar-refractivity contribution in [2.45, 2.75) is 26.2 Å². The molecule has 138 valence electrons. The van der Waals surface area contributed by atoms with Crippen LogP contribution < -0.4 is 9.62 Å². The van der Waals surface area contributed by atoms with E-state index in [-0.39, 0.29) is 23.9 Å². The molecule has 0 saturated carbocycles. The van der Waals surface area contributed by atoms with Crippen LogP contribution in [-0.2, 0) is 21.2 Å². The molecule has 0 aromatic heterocycles. The molecule has 1 saturated heterocycles. The van der Waals surface area contributed by atoms with Gasteiger partial charge >= 0.3 is 0 Å². The second-order valence-electron chi connectivity index (χ2n) is 6.38. The number of amides is 1. The molecule has 0 aliphatic carbocycles. The summed E-state index contributed by atoms with van der Waals surface area (Å²) >= 11 is 0. The standard InChI is InChI=1S/C19H21FN2O3S/c1-14-7-9-16(13-18(14)22-11-4-12-26(22,24)25)21-19(23)10-8-15-5-2-3-6-17(15)20/h2-3,5-7,9,13H,4,8,10-12H2,1H3,(H,21,23). The number of carbonyl (C=O) groups excluding carboxylic acids is 1. The Balaban J connectivity index is 1.69. The summed E-state index contributed by atoms with van der Waals surface area (Å²) in [5, 5.41) is 2.77. The smallest absolute Gasteiger partial charge is 0.235 e. The van der Waals surface area contributed by atoms with E-state index in [1.165, 1.54) is 10.4 Å². The van der Waals surface area contributed by atoms with Crippen LogP contribution in [0.5, 0.6) is 0 Å². The molecule has 1 aliphatic heterocycles. The monoisotopic (exact) mass is 376 g/mol. The fourth-order valence-corrected chi connectivity index (χ4v) is 4.66. The molecule has 0 unspecified atom stereocenters. The third-order valence-electron chi connectivity index (χ3n) is 4.44. The van der Waals surface area contributed by atoms with Crippen molar-refractivity contribution in [3.05, 3.63) is 59.4 Å². The van der Waals surface area contributed by atoms with Gasteiger partial charge < -0.3 is 5.32 Å². The maximum atomic E-state index is 13.6. The molecule has 1 fully saturated rings. The Morgan fingerprint density at radius 1 is 1.23 bits per heavy atom. The van der Waals surface area contributed by atoms with E-state index in [1.54, 1.807) is 36.4 Å². The number of aryl methyl sites for hydroxylation is 2. The van der Waals surface area contributed by atoms with Crippen molar-refractivity contribution >= 4 is 27.3 Å². The lowest BCUT2D eigenvalue weighted by atomic mass is 10.1. The van der Waals surface area contributed by atoms with Crippen molar-refractivity contribution in [3.8, 4) is 0 Å². The summed E-state index contributed by atoms with van der Waals surface area (Å²) < 4.78 is 39.3. The van der Waals surface area contributed by atoms with Crippen LogP contribution >= 0.6 is 0 Å². The molecule has 26 heavy (non-hydrogen) atoms. The van der Waals surface area contributed by atoms with Crippen molar-refractivity contribution in [2.24, 2.45) is 0 Å². The third-order valence-corrected chi connectivity index (χ3v) is 6.30. The van der Waals surface area contributed by atoms with Crippen LogP contribution in [0.4, 0.5) is 15.8 Å². The zero-order valence-electron chi connectivity index (χ0n) is 14.5. The SMILES string of the molecule is Cc1ccc(NC(=O)CCc2ccccc2F)cc1N1CCCS1(=O)=O. The lowest BCUT2D eigenvalue weighted by Gasteiger charge is -2.20. The van der Waals surface area contributed by atoms with Gasteiger partial charge in [0.2, 0.25) is 15.9 Å². The van der Waals surface area contributed by atoms with E-state index in [0.717, 1.165) is 5.56 Å². The first-order valence-electron chi connectivity index (χ1n) is 8.51. The van der Waals surface area contributed by atoms with Gasteiger partial charge in [-0.2, -0.15) is 0 Å². The van der Waals surface area contributed by atoms with Crippen molar-refractivity contribution in [1.82, 2.24) is 0 Å². The van der Waals surface area contributed by atoms with Crippen LogP contribution in [-0.4, -0.2) is 26.6 Å². The molecule has 0 radical (unpaired) electrons. The minimum Gasteiger partial charge on any atom is -0.326 e. The van der Waals surface area contributed by atoms with Crippen LogP contribution in [0, 0.1) is 12.7 Å². The Kier molecular flexibility index (Phi) is 5.27. The molecule has 1 N–H and O–H groups in total. The van der Waals surface area contributed by atoms with Gasteiger partial charge in [-0.1, -0.05) is 24.3 Å². The van der Waals surface area contributed by atoms with Crippen molar-refractivity contribution in [2.75, 3.05) is 21.9 Å². The fraction of sp³-hybridized carbons (Fsp3) is 0.316. The van der Waals surface area contributed by atoms with Crippen LogP contribution in [0.1, 0.15) is 24.0 Å². The van der Waals surface area contributed by atoms with Gasteiger partial charge in [0.05, 0.1) is 11.4 Å². The lowest BCUT2D eigenvalue weighted by molar-refractivity contribution is -0.116. The number of nitrogens with one attached hydrogen (secondary N) is 1. The maximum absolute atomic E-state index is 13.6. The number of halogens is 1. The third kappa shape index (κ3) is 4.04. The summed E-state index contributed by atoms with van der Waals surface area (Å²) in [6.45, 7) is 2.29. The van der Waals surface area contributed by atoms with Crippen LogP contribution in [0.2, 0.25) is 0 Å². The minimum absolute atomic E-state index is 0.145. The molecule has 1 amide bonds. The number of carbonyl (C=O) groups is 1. The van der Waals surface area contributed by atoms with Crippen LogP contribution in [0.3, 0.4) is 0 Å². The van der Waals surface area contributed by atoms with Crippen molar-refractivity contribution in [1.29, 1.82) is 0 Å². The predicted molar refractivity (Wildman–Crippen MR) is 100 cm³/mol. The van der Waals surface area contributed by atoms with Gasteiger partial charge in [-0.15, -0.1) is 0 Å². The second kappa shape index (κ2) is 7.45. The van der Waals surface area contributed by atoms with Gasteiger partial charge in [0.1, 0.15) is 5.82 Å². The molecular formula is C19H21FN2O3S. The predicted octanol–water partition coefficient (Wildman–Crippen LogP) is 3.25. The van der Waals surface area contributed by atoms with Crippen LogP contribution in [0.25, 0.3) is 0 Å². The van der Waals surface area contributed by atoms with Gasteiger partial charge in [-0.3, -0.25) is 9.10 Å². The highest BCUT2D eigenvalue weighted by Gasteiger charge is 2.29. The lowest BCUT2D eigenvalue weighted by Crippen LogP contribution is -2.26. The fourth-order valence-electron chi connectivity index (χ4n) is 3.04. The zero-order chi connectivity index (χ0) is 18.7. The minimum atomic E-state index is -3.28. The summed E-state index contributed by atoms with van der Waals surface area (Å²) in [6.07, 6.45) is 1.05. The van der Waals surface area contributed by atoms with Crippen molar-refractivity contribution < 1.29 is 17.6 Å². The molecule has 0 atom stereocenters. The van der Waals surface area contributed by atoms with E-state index >= 15 is 0 Å². The molecule has 3 rings (SSSR count). The van der Waals surface area contributed by atoms with Gasteiger partial charge in [-0.05, 0) is 49.1 Å². The number of benzene rings is 2. The Hall–Kier alpha value is -2.41. The summed E-state index contributed by atoms with van der Waals surface area (Å²) in [7, 11) is -3.28. The van der Waals surface area contributed by atoms with E-state index in [4.69, 9.17) is 0 Å². The van der Waals surface area contributed by atoms with Gasteiger partial charge in [0, 0.05) is 18.7 Å². The summed E-state index contributed by atoms with van der Waals surface area (Å²) in [4.78, 5) is 12.2. The molecule has 0 bridgehead atoms. The highest BCUT2D eigenvalue weighted by atomic mass is 32.2. The molecular weight excluding hydrogens is 355 g/mol. The zero-order valence-corrected chi connectivity index (χ0v) is 15.4. The van der Waals surface area contributed by atoms with Gasteiger partial charge in [0.15, 0.2) is 0 Å². The van der Waals surface area contributed by atoms with E-state index < -0.39 is 10.0 Å². The Morgan fingerprint density at radius 2 is 2.00 bits per heavy atom. The number of sulfonamides is 1. The highest BCUT2D eigenvalue weighted by molar-refractivity contribution is 7.93. The number of hydrogen-bond acceptors (Lipinski definition) is 3. The molecule has 5 nitrogen and oxygen atoms in total. The van der Waals surface area contributed by atoms with Crippen molar-refractivity contribution in [3.63, 3.8) is 0 Å². The summed E-state index contributed by atoms with van der Waals surface area (Å²) in [5.74, 6) is -0.421. The normalized spacial score (nSPS) is 15.8. The Bertz CT molecular complexity index is 928. The molecule has 7 heteroatoms. The Morgan fingerprint density at radius 3 is 2.69 bits per heavy atom. The second-order valence-corrected chi connectivity index (χ2v) is 8.40. The number of nitrogens with zero attached hydrogens (tertiary/aromatic N) is 1. The Labute approximate surface area is 152 Å². The van der Waals surface area contributed by atoms with Crippen LogP contribution in [0.15, 0.2) is 42.5 Å². The first kappa shape index (κ1) is 18.4. The quantitative estimate of drug-likeness (QED) is 0.871. The van der Waals surface area contributed by atoms with E-state index in [9.17, 15) is 17.6 Å². The number of rotatable bonds is 5. The van der Waals surface area contributed by atoms with E-state index in [1.807, 2.05) is 6.92 Å². The average molecular weight is 376 g/mol. The molecule has 1 aliphatic rings. The number of anilines is 2. The first-order valence-corrected chi connectivity index (χ1v) is 10.1. The van der Waals surface area contributed by atoms with E-state index in [0.29, 0.717) is 36.3 Å². The first-order chi connectivity index (χ1) is 12.4. The van der Waals surface area contributed by atoms with Gasteiger partial charge in [-0.25, -0.2) is 12.8 Å². The average Bonchev–Trinajstić information content (AvgIpc) is 2.95.